The maximum absolute atomic E-state index is 14.1. The summed E-state index contributed by atoms with van der Waals surface area (Å²) in [5, 5.41) is 3.50. The van der Waals surface area contributed by atoms with Crippen molar-refractivity contribution in [2.24, 2.45) is 51.2 Å². The van der Waals surface area contributed by atoms with E-state index in [9.17, 15) is 4.79 Å². The lowest BCUT2D eigenvalue weighted by molar-refractivity contribution is -0.181. The SMILES string of the molecule is Cc1ccc(C2=CCC3(C)C(CCC4(C)C5CCC6(C(=O)NCCN(C(C)C)C(C)C)CCCC6C5CCC43)C2(C)C)cc1. The molecule has 5 aliphatic rings. The molecule has 0 saturated heterocycles. The monoisotopic (exact) mass is 601 g/mol. The van der Waals surface area contributed by atoms with Crippen LogP contribution in [0.4, 0.5) is 0 Å². The van der Waals surface area contributed by atoms with Crippen LogP contribution in [0.25, 0.3) is 5.57 Å². The number of hydrogen-bond donors (Lipinski definition) is 1. The van der Waals surface area contributed by atoms with Crippen LogP contribution < -0.4 is 5.32 Å². The van der Waals surface area contributed by atoms with Crippen LogP contribution in [0.5, 0.6) is 0 Å². The summed E-state index contributed by atoms with van der Waals surface area (Å²) >= 11 is 0. The van der Waals surface area contributed by atoms with E-state index in [4.69, 9.17) is 0 Å². The Hall–Kier alpha value is -1.61. The molecule has 5 aliphatic carbocycles. The average molecular weight is 601 g/mol. The van der Waals surface area contributed by atoms with Crippen molar-refractivity contribution in [1.29, 1.82) is 0 Å². The van der Waals surface area contributed by atoms with Gasteiger partial charge in [0.15, 0.2) is 0 Å². The van der Waals surface area contributed by atoms with Gasteiger partial charge in [-0.05, 0) is 149 Å². The van der Waals surface area contributed by atoms with E-state index in [1.54, 1.807) is 5.57 Å². The topological polar surface area (TPSA) is 32.3 Å². The third kappa shape index (κ3) is 4.96. The third-order valence-electron chi connectivity index (χ3n) is 14.9. The Kier molecular flexibility index (Phi) is 8.50. The minimum Gasteiger partial charge on any atom is -0.354 e. The van der Waals surface area contributed by atoms with E-state index in [0.717, 1.165) is 49.6 Å². The molecule has 3 nitrogen and oxygen atoms in total. The van der Waals surface area contributed by atoms with Gasteiger partial charge in [-0.3, -0.25) is 9.69 Å². The van der Waals surface area contributed by atoms with Gasteiger partial charge in [-0.25, -0.2) is 0 Å². The number of benzene rings is 1. The zero-order chi connectivity index (χ0) is 31.7. The van der Waals surface area contributed by atoms with Gasteiger partial charge in [-0.2, -0.15) is 0 Å². The first-order valence-corrected chi connectivity index (χ1v) is 18.6. The number of carbonyl (C=O) groups is 1. The van der Waals surface area contributed by atoms with Gasteiger partial charge in [0.2, 0.25) is 5.91 Å². The number of hydrogen-bond acceptors (Lipinski definition) is 2. The molecular weight excluding hydrogens is 536 g/mol. The van der Waals surface area contributed by atoms with Gasteiger partial charge in [0, 0.05) is 25.2 Å². The van der Waals surface area contributed by atoms with Crippen LogP contribution in [0.15, 0.2) is 30.3 Å². The second-order valence-electron chi connectivity index (χ2n) is 17.8. The number of amides is 1. The lowest BCUT2D eigenvalue weighted by atomic mass is 9.36. The van der Waals surface area contributed by atoms with Gasteiger partial charge in [0.1, 0.15) is 0 Å². The van der Waals surface area contributed by atoms with E-state index in [1.165, 1.54) is 62.5 Å². The van der Waals surface area contributed by atoms with Crippen molar-refractivity contribution in [1.82, 2.24) is 10.2 Å². The first kappa shape index (κ1) is 32.3. The van der Waals surface area contributed by atoms with Crippen LogP contribution in [-0.2, 0) is 4.79 Å². The highest BCUT2D eigenvalue weighted by atomic mass is 16.2. The molecule has 4 saturated carbocycles. The molecule has 3 heteroatoms. The zero-order valence-electron chi connectivity index (χ0n) is 29.8. The molecule has 0 aromatic heterocycles. The van der Waals surface area contributed by atoms with Crippen molar-refractivity contribution in [3.05, 3.63) is 41.5 Å². The van der Waals surface area contributed by atoms with Crippen molar-refractivity contribution < 1.29 is 4.79 Å². The molecule has 1 N–H and O–H groups in total. The molecule has 44 heavy (non-hydrogen) atoms. The van der Waals surface area contributed by atoms with Crippen LogP contribution in [-0.4, -0.2) is 36.0 Å². The van der Waals surface area contributed by atoms with E-state index in [0.29, 0.717) is 34.7 Å². The molecule has 1 amide bonds. The summed E-state index contributed by atoms with van der Waals surface area (Å²) in [6, 6.07) is 10.3. The van der Waals surface area contributed by atoms with Crippen molar-refractivity contribution >= 4 is 11.5 Å². The Bertz CT molecular complexity index is 1240. The Morgan fingerprint density at radius 3 is 2.23 bits per heavy atom. The van der Waals surface area contributed by atoms with E-state index in [1.807, 2.05) is 0 Å². The van der Waals surface area contributed by atoms with Crippen LogP contribution in [0.1, 0.15) is 131 Å². The minimum absolute atomic E-state index is 0.107. The highest BCUT2D eigenvalue weighted by Gasteiger charge is 2.66. The molecule has 1 aromatic carbocycles. The second kappa shape index (κ2) is 11.6. The lowest BCUT2D eigenvalue weighted by Gasteiger charge is -2.68. The van der Waals surface area contributed by atoms with Crippen molar-refractivity contribution in [3.63, 3.8) is 0 Å². The van der Waals surface area contributed by atoms with E-state index in [2.05, 4.69) is 103 Å². The largest absolute Gasteiger partial charge is 0.354 e. The second-order valence-corrected chi connectivity index (χ2v) is 17.8. The molecular formula is C41H64N2O. The van der Waals surface area contributed by atoms with E-state index < -0.39 is 0 Å². The molecule has 8 atom stereocenters. The van der Waals surface area contributed by atoms with Crippen LogP contribution in [0.2, 0.25) is 0 Å². The molecule has 244 valence electrons. The molecule has 8 unspecified atom stereocenters. The molecule has 0 bridgehead atoms. The quantitative estimate of drug-likeness (QED) is 0.338. The maximum Gasteiger partial charge on any atom is 0.226 e. The Morgan fingerprint density at radius 1 is 0.841 bits per heavy atom. The number of nitrogens with one attached hydrogen (secondary N) is 1. The standard InChI is InChI=1S/C41H64N2O/c1-27(2)43(28(3)4)26-25-42-37(44)41-21-10-11-34(41)31-16-17-36-39(8,33(31)19-24-41)23-20-35-38(6,7)32(18-22-40(35,36)9)30-14-12-29(5)13-15-30/h12-15,18,27-28,31,33-36H,10-11,16-17,19-26H2,1-9H3,(H,42,44). The summed E-state index contributed by atoms with van der Waals surface area (Å²) in [7, 11) is 0. The summed E-state index contributed by atoms with van der Waals surface area (Å²) < 4.78 is 0. The van der Waals surface area contributed by atoms with Gasteiger partial charge in [-0.15, -0.1) is 0 Å². The summed E-state index contributed by atoms with van der Waals surface area (Å²) in [5.74, 6) is 4.01. The lowest BCUT2D eigenvalue weighted by Crippen LogP contribution is -2.62. The average Bonchev–Trinajstić information content (AvgIpc) is 3.41. The highest BCUT2D eigenvalue weighted by molar-refractivity contribution is 5.83. The first-order valence-electron chi connectivity index (χ1n) is 18.6. The maximum atomic E-state index is 14.1. The molecule has 0 radical (unpaired) electrons. The molecule has 0 spiro atoms. The summed E-state index contributed by atoms with van der Waals surface area (Å²) in [6.45, 7) is 23.5. The van der Waals surface area contributed by atoms with Gasteiger partial charge < -0.3 is 5.32 Å². The number of carbonyl (C=O) groups excluding carboxylic acids is 1. The fourth-order valence-electron chi connectivity index (χ4n) is 13.0. The smallest absolute Gasteiger partial charge is 0.226 e. The van der Waals surface area contributed by atoms with Crippen LogP contribution >= 0.6 is 0 Å². The highest BCUT2D eigenvalue weighted by Crippen LogP contribution is 2.73. The number of nitrogens with zero attached hydrogens (tertiary/aromatic N) is 1. The fourth-order valence-corrected chi connectivity index (χ4v) is 13.0. The molecule has 4 fully saturated rings. The molecule has 1 aromatic rings. The number of allylic oxidation sites excluding steroid dienone is 2. The fraction of sp³-hybridized carbons (Fsp3) is 0.780. The predicted octanol–water partition coefficient (Wildman–Crippen LogP) is 9.69. The third-order valence-corrected chi connectivity index (χ3v) is 14.9. The van der Waals surface area contributed by atoms with Crippen molar-refractivity contribution in [2.75, 3.05) is 13.1 Å². The predicted molar refractivity (Wildman–Crippen MR) is 185 cm³/mol. The zero-order valence-corrected chi connectivity index (χ0v) is 29.8. The summed E-state index contributed by atoms with van der Waals surface area (Å²) in [6.07, 6.45) is 15.3. The number of aryl methyl sites for hydroxylation is 1. The molecule has 6 rings (SSSR count). The van der Waals surface area contributed by atoms with E-state index >= 15 is 0 Å². The van der Waals surface area contributed by atoms with Crippen LogP contribution in [0.3, 0.4) is 0 Å². The van der Waals surface area contributed by atoms with Gasteiger partial charge in [0.05, 0.1) is 5.41 Å². The molecule has 0 heterocycles. The van der Waals surface area contributed by atoms with Crippen LogP contribution in [0, 0.1) is 58.2 Å². The van der Waals surface area contributed by atoms with E-state index in [-0.39, 0.29) is 10.8 Å². The van der Waals surface area contributed by atoms with Crippen molar-refractivity contribution in [2.45, 2.75) is 139 Å². The normalized spacial score (nSPS) is 39.4. The molecule has 0 aliphatic heterocycles. The summed E-state index contributed by atoms with van der Waals surface area (Å²) in [4.78, 5) is 16.6. The Balaban J connectivity index is 1.21. The summed E-state index contributed by atoms with van der Waals surface area (Å²) in [5.41, 5.74) is 5.20. The minimum atomic E-state index is -0.107. The van der Waals surface area contributed by atoms with Crippen molar-refractivity contribution in [3.8, 4) is 0 Å². The van der Waals surface area contributed by atoms with Gasteiger partial charge in [-0.1, -0.05) is 70.0 Å². The number of rotatable bonds is 7. The van der Waals surface area contributed by atoms with Gasteiger partial charge >= 0.3 is 0 Å². The Morgan fingerprint density at radius 2 is 1.55 bits per heavy atom. The van der Waals surface area contributed by atoms with Gasteiger partial charge in [0.25, 0.3) is 0 Å². The Labute approximate surface area is 270 Å². The number of fused-ring (bicyclic) bond motifs is 7. The first-order chi connectivity index (χ1) is 20.8.